The summed E-state index contributed by atoms with van der Waals surface area (Å²) in [7, 11) is 0. The van der Waals surface area contributed by atoms with E-state index in [1.54, 1.807) is 0 Å². The maximum Gasteiger partial charge on any atom is 0.191 e. The van der Waals surface area contributed by atoms with E-state index in [-0.39, 0.29) is 11.1 Å². The zero-order valence-electron chi connectivity index (χ0n) is 14.0. The Kier molecular flexibility index (Phi) is 6.27. The van der Waals surface area contributed by atoms with Gasteiger partial charge in [0.05, 0.1) is 19.8 Å². The van der Waals surface area contributed by atoms with Crippen molar-refractivity contribution in [2.45, 2.75) is 52.6 Å². The summed E-state index contributed by atoms with van der Waals surface area (Å²) in [5.41, 5.74) is 0.142. The minimum atomic E-state index is 0.0270. The third-order valence-corrected chi connectivity index (χ3v) is 3.29. The SMILES string of the molecule is CCNC(=NCCN1CCOCC1(C)C)NC(C)(C)C. The van der Waals surface area contributed by atoms with Gasteiger partial charge < -0.3 is 15.4 Å². The lowest BCUT2D eigenvalue weighted by Crippen LogP contribution is -2.54. The lowest BCUT2D eigenvalue weighted by molar-refractivity contribution is -0.0491. The summed E-state index contributed by atoms with van der Waals surface area (Å²) in [5, 5.41) is 6.70. The van der Waals surface area contributed by atoms with E-state index in [4.69, 9.17) is 4.74 Å². The summed E-state index contributed by atoms with van der Waals surface area (Å²) in [6, 6.07) is 0. The van der Waals surface area contributed by atoms with E-state index < -0.39 is 0 Å². The summed E-state index contributed by atoms with van der Waals surface area (Å²) < 4.78 is 5.54. The molecule has 5 nitrogen and oxygen atoms in total. The van der Waals surface area contributed by atoms with Crippen molar-refractivity contribution in [1.82, 2.24) is 15.5 Å². The minimum Gasteiger partial charge on any atom is -0.378 e. The lowest BCUT2D eigenvalue weighted by atomic mass is 10.0. The molecule has 0 aromatic rings. The molecule has 0 saturated carbocycles. The van der Waals surface area contributed by atoms with Crippen molar-refractivity contribution < 1.29 is 4.74 Å². The number of nitrogens with one attached hydrogen (secondary N) is 2. The highest BCUT2D eigenvalue weighted by Gasteiger charge is 2.29. The summed E-state index contributed by atoms with van der Waals surface area (Å²) in [6.07, 6.45) is 0. The first-order valence-corrected chi connectivity index (χ1v) is 7.64. The summed E-state index contributed by atoms with van der Waals surface area (Å²) >= 11 is 0. The molecule has 2 N–H and O–H groups in total. The van der Waals surface area contributed by atoms with Crippen molar-refractivity contribution in [3.8, 4) is 0 Å². The van der Waals surface area contributed by atoms with Crippen LogP contribution in [0.5, 0.6) is 0 Å². The van der Waals surface area contributed by atoms with Crippen LogP contribution in [0.25, 0.3) is 0 Å². The van der Waals surface area contributed by atoms with Crippen LogP contribution in [0, 0.1) is 0 Å². The molecule has 0 aromatic heterocycles. The third kappa shape index (κ3) is 6.09. The Morgan fingerprint density at radius 2 is 2.05 bits per heavy atom. The Morgan fingerprint density at radius 3 is 2.60 bits per heavy atom. The summed E-state index contributed by atoms with van der Waals surface area (Å²) in [5.74, 6) is 0.895. The highest BCUT2D eigenvalue weighted by atomic mass is 16.5. The smallest absolute Gasteiger partial charge is 0.191 e. The standard InChI is InChI=1S/C15H32N4O/c1-7-16-13(18-14(2,3)4)17-8-9-19-10-11-20-12-15(19,5)6/h7-12H2,1-6H3,(H2,16,17,18). The average Bonchev–Trinajstić information content (AvgIpc) is 2.29. The molecule has 0 spiro atoms. The van der Waals surface area contributed by atoms with E-state index in [1.165, 1.54) is 0 Å². The molecule has 118 valence electrons. The van der Waals surface area contributed by atoms with E-state index in [9.17, 15) is 0 Å². The van der Waals surface area contributed by atoms with Gasteiger partial charge in [0.15, 0.2) is 5.96 Å². The minimum absolute atomic E-state index is 0.0270. The predicted molar refractivity (Wildman–Crippen MR) is 85.3 cm³/mol. The predicted octanol–water partition coefficient (Wildman–Crippen LogP) is 1.45. The molecule has 1 fully saturated rings. The van der Waals surface area contributed by atoms with Crippen molar-refractivity contribution in [3.63, 3.8) is 0 Å². The fourth-order valence-electron chi connectivity index (χ4n) is 2.25. The fourth-order valence-corrected chi connectivity index (χ4v) is 2.25. The molecular weight excluding hydrogens is 252 g/mol. The van der Waals surface area contributed by atoms with Crippen LogP contribution in [0.1, 0.15) is 41.5 Å². The topological polar surface area (TPSA) is 48.9 Å². The zero-order valence-corrected chi connectivity index (χ0v) is 14.0. The molecule has 0 aliphatic carbocycles. The molecule has 0 radical (unpaired) electrons. The van der Waals surface area contributed by atoms with Gasteiger partial charge in [-0.1, -0.05) is 0 Å². The Labute approximate surface area is 124 Å². The maximum atomic E-state index is 5.54. The van der Waals surface area contributed by atoms with Crippen LogP contribution >= 0.6 is 0 Å². The first-order chi connectivity index (χ1) is 9.24. The number of hydrogen-bond donors (Lipinski definition) is 2. The number of guanidine groups is 1. The molecule has 0 atom stereocenters. The Hall–Kier alpha value is -0.810. The van der Waals surface area contributed by atoms with Gasteiger partial charge in [-0.15, -0.1) is 0 Å². The number of rotatable bonds is 4. The normalized spacial score (nSPS) is 20.8. The number of hydrogen-bond acceptors (Lipinski definition) is 3. The van der Waals surface area contributed by atoms with Crippen molar-refractivity contribution in [2.75, 3.05) is 39.4 Å². The molecule has 1 saturated heterocycles. The van der Waals surface area contributed by atoms with Gasteiger partial charge in [-0.2, -0.15) is 0 Å². The van der Waals surface area contributed by atoms with Crippen LogP contribution < -0.4 is 10.6 Å². The van der Waals surface area contributed by atoms with Crippen molar-refractivity contribution in [2.24, 2.45) is 4.99 Å². The second-order valence-corrected chi connectivity index (χ2v) is 6.99. The van der Waals surface area contributed by atoms with E-state index >= 15 is 0 Å². The van der Waals surface area contributed by atoms with Gasteiger partial charge in [0, 0.05) is 30.7 Å². The molecule has 1 rings (SSSR count). The zero-order chi connectivity index (χ0) is 15.2. The van der Waals surface area contributed by atoms with Crippen molar-refractivity contribution in [3.05, 3.63) is 0 Å². The van der Waals surface area contributed by atoms with Gasteiger partial charge in [0.1, 0.15) is 0 Å². The number of aliphatic imine (C=N–C) groups is 1. The second kappa shape index (κ2) is 7.27. The summed E-state index contributed by atoms with van der Waals surface area (Å²) in [4.78, 5) is 7.13. The Bertz CT molecular complexity index is 320. The molecule has 0 unspecified atom stereocenters. The highest BCUT2D eigenvalue weighted by Crippen LogP contribution is 2.18. The van der Waals surface area contributed by atoms with Crippen LogP contribution in [0.15, 0.2) is 4.99 Å². The van der Waals surface area contributed by atoms with Crippen molar-refractivity contribution >= 4 is 5.96 Å². The lowest BCUT2D eigenvalue weighted by Gasteiger charge is -2.41. The first-order valence-electron chi connectivity index (χ1n) is 7.64. The van der Waals surface area contributed by atoms with Crippen LogP contribution in [-0.4, -0.2) is 61.3 Å². The van der Waals surface area contributed by atoms with Crippen LogP contribution in [0.2, 0.25) is 0 Å². The van der Waals surface area contributed by atoms with Gasteiger partial charge >= 0.3 is 0 Å². The van der Waals surface area contributed by atoms with Gasteiger partial charge in [0.25, 0.3) is 0 Å². The maximum absolute atomic E-state index is 5.54. The molecule has 1 aliphatic rings. The second-order valence-electron chi connectivity index (χ2n) is 6.99. The molecule has 1 heterocycles. The Balaban J connectivity index is 2.50. The highest BCUT2D eigenvalue weighted by molar-refractivity contribution is 5.80. The number of nitrogens with zero attached hydrogens (tertiary/aromatic N) is 2. The molecule has 0 bridgehead atoms. The van der Waals surface area contributed by atoms with E-state index in [1.807, 2.05) is 0 Å². The molecular formula is C15H32N4O. The summed E-state index contributed by atoms with van der Waals surface area (Å²) in [6.45, 7) is 18.3. The third-order valence-electron chi connectivity index (χ3n) is 3.29. The average molecular weight is 284 g/mol. The van der Waals surface area contributed by atoms with Gasteiger partial charge in [-0.3, -0.25) is 9.89 Å². The molecule has 1 aliphatic heterocycles. The molecule has 0 aromatic carbocycles. The molecule has 20 heavy (non-hydrogen) atoms. The number of morpholine rings is 1. The van der Waals surface area contributed by atoms with Crippen LogP contribution in [0.3, 0.4) is 0 Å². The van der Waals surface area contributed by atoms with E-state index in [0.717, 1.165) is 45.4 Å². The molecule has 0 amide bonds. The quantitative estimate of drug-likeness (QED) is 0.606. The van der Waals surface area contributed by atoms with Gasteiger partial charge in [0.2, 0.25) is 0 Å². The fraction of sp³-hybridized carbons (Fsp3) is 0.933. The van der Waals surface area contributed by atoms with Crippen LogP contribution in [0.4, 0.5) is 0 Å². The van der Waals surface area contributed by atoms with Gasteiger partial charge in [-0.25, -0.2) is 0 Å². The van der Waals surface area contributed by atoms with Crippen LogP contribution in [-0.2, 0) is 4.74 Å². The van der Waals surface area contributed by atoms with E-state index in [2.05, 4.69) is 62.1 Å². The number of ether oxygens (including phenoxy) is 1. The van der Waals surface area contributed by atoms with Crippen molar-refractivity contribution in [1.29, 1.82) is 0 Å². The van der Waals surface area contributed by atoms with Gasteiger partial charge in [-0.05, 0) is 41.5 Å². The monoisotopic (exact) mass is 284 g/mol. The largest absolute Gasteiger partial charge is 0.378 e. The Morgan fingerprint density at radius 1 is 1.35 bits per heavy atom. The molecule has 5 heteroatoms. The van der Waals surface area contributed by atoms with E-state index in [0.29, 0.717) is 0 Å². The first kappa shape index (κ1) is 17.2.